The van der Waals surface area contributed by atoms with Crippen LogP contribution in [0, 0.1) is 6.92 Å². The fourth-order valence-corrected chi connectivity index (χ4v) is 3.90. The van der Waals surface area contributed by atoms with Crippen LogP contribution in [0.3, 0.4) is 0 Å². The van der Waals surface area contributed by atoms with Gasteiger partial charge in [-0.15, -0.1) is 34.2 Å². The van der Waals surface area contributed by atoms with Gasteiger partial charge in [0.05, 0.1) is 0 Å². The van der Waals surface area contributed by atoms with Gasteiger partial charge in [-0.25, -0.2) is 4.99 Å². The van der Waals surface area contributed by atoms with Crippen molar-refractivity contribution in [1.82, 2.24) is 29.9 Å². The second-order valence-corrected chi connectivity index (χ2v) is 7.77. The molecule has 1 N–H and O–H groups in total. The van der Waals surface area contributed by atoms with Crippen molar-refractivity contribution in [2.75, 3.05) is 26.2 Å². The molecule has 1 aliphatic carbocycles. The first-order valence-corrected chi connectivity index (χ1v) is 9.85. The number of halogens is 1. The highest BCUT2D eigenvalue weighted by atomic mass is 127. The number of likely N-dealkylation sites (tertiary alicyclic amines) is 2. The van der Waals surface area contributed by atoms with Gasteiger partial charge >= 0.3 is 0 Å². The van der Waals surface area contributed by atoms with Crippen LogP contribution in [-0.2, 0) is 13.6 Å². The van der Waals surface area contributed by atoms with Gasteiger partial charge in [0.1, 0.15) is 12.4 Å². The fourth-order valence-electron chi connectivity index (χ4n) is 3.90. The topological polar surface area (TPSA) is 61.6 Å². The van der Waals surface area contributed by atoms with Gasteiger partial charge in [-0.2, -0.15) is 0 Å². The lowest BCUT2D eigenvalue weighted by atomic mass is 10.1. The van der Waals surface area contributed by atoms with Gasteiger partial charge in [-0.05, 0) is 52.1 Å². The molecule has 8 heteroatoms. The maximum Gasteiger partial charge on any atom is 0.194 e. The molecule has 1 atom stereocenters. The molecule has 3 heterocycles. The van der Waals surface area contributed by atoms with Crippen LogP contribution in [0.5, 0.6) is 0 Å². The quantitative estimate of drug-likeness (QED) is 0.412. The van der Waals surface area contributed by atoms with Crippen molar-refractivity contribution >= 4 is 29.9 Å². The van der Waals surface area contributed by atoms with Crippen molar-refractivity contribution in [1.29, 1.82) is 0 Å². The number of aryl methyl sites for hydroxylation is 1. The molecule has 1 saturated carbocycles. The summed E-state index contributed by atoms with van der Waals surface area (Å²) in [7, 11) is 2.01. The number of guanidine groups is 1. The maximum atomic E-state index is 4.90. The third-order valence-corrected chi connectivity index (χ3v) is 5.83. The van der Waals surface area contributed by atoms with Gasteiger partial charge in [-0.1, -0.05) is 6.42 Å². The minimum Gasteiger partial charge on any atom is -0.353 e. The summed E-state index contributed by atoms with van der Waals surface area (Å²) in [5, 5.41) is 12.0. The van der Waals surface area contributed by atoms with Crippen molar-refractivity contribution in [3.8, 4) is 0 Å². The van der Waals surface area contributed by atoms with E-state index in [0.717, 1.165) is 30.7 Å². The van der Waals surface area contributed by atoms with Gasteiger partial charge in [0.15, 0.2) is 11.8 Å². The van der Waals surface area contributed by atoms with E-state index in [0.29, 0.717) is 18.6 Å². The van der Waals surface area contributed by atoms with Crippen molar-refractivity contribution in [3.05, 3.63) is 11.6 Å². The summed E-state index contributed by atoms with van der Waals surface area (Å²) in [6.07, 6.45) is 7.93. The SMILES string of the molecule is Cc1nnc(CN=C(NC2CC2)N2CCC(N3CCCCC3)C2)n1C.I. The Bertz CT molecular complexity index is 619. The highest BCUT2D eigenvalue weighted by Gasteiger charge is 2.32. The van der Waals surface area contributed by atoms with Crippen molar-refractivity contribution in [2.45, 2.75) is 64.1 Å². The van der Waals surface area contributed by atoms with E-state index in [1.165, 1.54) is 51.6 Å². The molecule has 4 rings (SSSR count). The average molecular weight is 473 g/mol. The van der Waals surface area contributed by atoms with Crippen LogP contribution < -0.4 is 5.32 Å². The van der Waals surface area contributed by atoms with Gasteiger partial charge in [0.25, 0.3) is 0 Å². The van der Waals surface area contributed by atoms with Gasteiger partial charge < -0.3 is 14.8 Å². The molecule has 7 nitrogen and oxygen atoms in total. The number of hydrogen-bond acceptors (Lipinski definition) is 4. The van der Waals surface area contributed by atoms with Gasteiger partial charge in [0.2, 0.25) is 0 Å². The molecule has 2 saturated heterocycles. The minimum absolute atomic E-state index is 0. The van der Waals surface area contributed by atoms with Gasteiger partial charge in [-0.3, -0.25) is 4.90 Å². The molecular weight excluding hydrogens is 441 g/mol. The zero-order chi connectivity index (χ0) is 17.2. The zero-order valence-electron chi connectivity index (χ0n) is 16.0. The van der Waals surface area contributed by atoms with Crippen LogP contribution >= 0.6 is 24.0 Å². The number of hydrogen-bond donors (Lipinski definition) is 1. The second-order valence-electron chi connectivity index (χ2n) is 7.77. The van der Waals surface area contributed by atoms with Crippen LogP contribution in [0.25, 0.3) is 0 Å². The van der Waals surface area contributed by atoms with Crippen LogP contribution in [0.2, 0.25) is 0 Å². The summed E-state index contributed by atoms with van der Waals surface area (Å²) in [5.41, 5.74) is 0. The molecule has 0 amide bonds. The highest BCUT2D eigenvalue weighted by Crippen LogP contribution is 2.23. The van der Waals surface area contributed by atoms with Crippen LogP contribution in [0.15, 0.2) is 4.99 Å². The molecule has 0 bridgehead atoms. The molecule has 146 valence electrons. The van der Waals surface area contributed by atoms with E-state index in [2.05, 4.69) is 25.3 Å². The lowest BCUT2D eigenvalue weighted by molar-refractivity contribution is 0.168. The summed E-state index contributed by atoms with van der Waals surface area (Å²) < 4.78 is 2.03. The van der Waals surface area contributed by atoms with Crippen LogP contribution in [0.1, 0.15) is 50.2 Å². The molecule has 2 aliphatic heterocycles. The fraction of sp³-hybridized carbons (Fsp3) is 0.833. The summed E-state index contributed by atoms with van der Waals surface area (Å²) in [5.74, 6) is 2.94. The Labute approximate surface area is 173 Å². The molecule has 3 aliphatic rings. The molecule has 0 aromatic carbocycles. The van der Waals surface area contributed by atoms with Gasteiger partial charge in [0, 0.05) is 32.2 Å². The van der Waals surface area contributed by atoms with E-state index < -0.39 is 0 Å². The minimum atomic E-state index is 0. The Morgan fingerprint density at radius 2 is 1.88 bits per heavy atom. The van der Waals surface area contributed by atoms with Crippen molar-refractivity contribution < 1.29 is 0 Å². The summed E-state index contributed by atoms with van der Waals surface area (Å²) in [4.78, 5) is 10.1. The first kappa shape index (κ1) is 19.9. The third kappa shape index (κ3) is 4.68. The van der Waals surface area contributed by atoms with E-state index in [-0.39, 0.29) is 24.0 Å². The maximum absolute atomic E-state index is 4.90. The summed E-state index contributed by atoms with van der Waals surface area (Å²) >= 11 is 0. The number of nitrogens with zero attached hydrogens (tertiary/aromatic N) is 6. The van der Waals surface area contributed by atoms with Crippen LogP contribution in [-0.4, -0.2) is 68.8 Å². The Morgan fingerprint density at radius 3 is 2.54 bits per heavy atom. The third-order valence-electron chi connectivity index (χ3n) is 5.83. The number of piperidine rings is 1. The normalized spacial score (nSPS) is 24.6. The number of aromatic nitrogens is 3. The summed E-state index contributed by atoms with van der Waals surface area (Å²) in [6, 6.07) is 1.32. The Kier molecular flexibility index (Phi) is 6.76. The molecule has 1 unspecified atom stereocenters. The molecule has 3 fully saturated rings. The molecular formula is C18H32IN7. The summed E-state index contributed by atoms with van der Waals surface area (Å²) in [6.45, 7) is 7.34. The average Bonchev–Trinajstić information content (AvgIpc) is 3.22. The smallest absolute Gasteiger partial charge is 0.194 e. The van der Waals surface area contributed by atoms with E-state index in [1.54, 1.807) is 0 Å². The number of rotatable bonds is 4. The lowest BCUT2D eigenvalue weighted by Crippen LogP contribution is -2.45. The Morgan fingerprint density at radius 1 is 1.12 bits per heavy atom. The Hall–Kier alpha value is -0.900. The zero-order valence-corrected chi connectivity index (χ0v) is 18.4. The van der Waals surface area contributed by atoms with Crippen molar-refractivity contribution in [2.24, 2.45) is 12.0 Å². The molecule has 1 aromatic heterocycles. The monoisotopic (exact) mass is 473 g/mol. The molecule has 0 radical (unpaired) electrons. The van der Waals surface area contributed by atoms with Crippen molar-refractivity contribution in [3.63, 3.8) is 0 Å². The van der Waals surface area contributed by atoms with E-state index in [4.69, 9.17) is 4.99 Å². The van der Waals surface area contributed by atoms with E-state index >= 15 is 0 Å². The number of aliphatic imine (C=N–C) groups is 1. The highest BCUT2D eigenvalue weighted by molar-refractivity contribution is 14.0. The van der Waals surface area contributed by atoms with E-state index in [1.807, 2.05) is 18.5 Å². The van der Waals surface area contributed by atoms with Crippen LogP contribution in [0.4, 0.5) is 0 Å². The van der Waals surface area contributed by atoms with E-state index in [9.17, 15) is 0 Å². The standard InChI is InChI=1S/C18H31N7.HI/c1-14-21-22-17(23(14)2)12-19-18(20-15-6-7-15)25-11-8-16(13-25)24-9-4-3-5-10-24;/h15-16H,3-13H2,1-2H3,(H,19,20);1H. The first-order valence-electron chi connectivity index (χ1n) is 9.85. The lowest BCUT2D eigenvalue weighted by Gasteiger charge is -2.32. The second kappa shape index (κ2) is 8.86. The largest absolute Gasteiger partial charge is 0.353 e. The number of nitrogens with one attached hydrogen (secondary N) is 1. The molecule has 26 heavy (non-hydrogen) atoms. The first-order chi connectivity index (χ1) is 12.2. The predicted molar refractivity (Wildman–Crippen MR) is 114 cm³/mol. The Balaban J connectivity index is 0.00000196. The molecule has 1 aromatic rings. The molecule has 0 spiro atoms. The predicted octanol–water partition coefficient (Wildman–Crippen LogP) is 1.91.